The Labute approximate surface area is 135 Å². The van der Waals surface area contributed by atoms with Crippen molar-refractivity contribution in [1.29, 1.82) is 0 Å². The molecule has 3 nitrogen and oxygen atoms in total. The highest BCUT2D eigenvalue weighted by atomic mass is 32.2. The first-order valence-electron chi connectivity index (χ1n) is 6.64. The molecule has 2 aromatic carbocycles. The minimum atomic E-state index is -4.44. The molecule has 0 radical (unpaired) electrons. The van der Waals surface area contributed by atoms with Gasteiger partial charge in [0.05, 0.1) is 11.5 Å². The van der Waals surface area contributed by atoms with E-state index in [2.05, 4.69) is 10.5 Å². The number of carbonyl (C=O) groups excluding carboxylic acids is 1. The van der Waals surface area contributed by atoms with Gasteiger partial charge in [-0.2, -0.15) is 18.3 Å². The standard InChI is InChI=1S/C16H13F3N2OS/c17-16(18,19)23-11-14(22)20-21-15(12-7-3-1-4-8-12)13-9-5-2-6-10-13/h1-10H,11H2,(H,20,22). The summed E-state index contributed by atoms with van der Waals surface area (Å²) in [7, 11) is 0. The number of nitrogens with zero attached hydrogens (tertiary/aromatic N) is 1. The van der Waals surface area contributed by atoms with Gasteiger partial charge < -0.3 is 0 Å². The van der Waals surface area contributed by atoms with E-state index in [0.29, 0.717) is 5.71 Å². The number of benzene rings is 2. The predicted octanol–water partition coefficient (Wildman–Crippen LogP) is 3.81. The first kappa shape index (κ1) is 17.1. The monoisotopic (exact) mass is 338 g/mol. The second-order valence-electron chi connectivity index (χ2n) is 4.46. The third-order valence-electron chi connectivity index (χ3n) is 2.75. The van der Waals surface area contributed by atoms with E-state index in [1.807, 2.05) is 60.7 Å². The van der Waals surface area contributed by atoms with E-state index >= 15 is 0 Å². The van der Waals surface area contributed by atoms with Crippen LogP contribution in [0.5, 0.6) is 0 Å². The Morgan fingerprint density at radius 3 is 1.87 bits per heavy atom. The molecule has 0 spiro atoms. The summed E-state index contributed by atoms with van der Waals surface area (Å²) in [6, 6.07) is 18.2. The molecule has 0 aliphatic rings. The lowest BCUT2D eigenvalue weighted by Gasteiger charge is -2.08. The van der Waals surface area contributed by atoms with Gasteiger partial charge in [0.1, 0.15) is 0 Å². The molecule has 2 aromatic rings. The van der Waals surface area contributed by atoms with Gasteiger partial charge >= 0.3 is 5.51 Å². The van der Waals surface area contributed by atoms with Crippen LogP contribution < -0.4 is 5.43 Å². The van der Waals surface area contributed by atoms with Gasteiger partial charge in [-0.05, 0) is 11.8 Å². The molecular weight excluding hydrogens is 325 g/mol. The van der Waals surface area contributed by atoms with Crippen LogP contribution in [0.15, 0.2) is 65.8 Å². The van der Waals surface area contributed by atoms with Crippen molar-refractivity contribution in [1.82, 2.24) is 5.43 Å². The van der Waals surface area contributed by atoms with Gasteiger partial charge in [0, 0.05) is 11.1 Å². The summed E-state index contributed by atoms with van der Waals surface area (Å²) in [6.07, 6.45) is 0. The number of alkyl halides is 3. The van der Waals surface area contributed by atoms with Crippen LogP contribution in [0, 0.1) is 0 Å². The Bertz CT molecular complexity index is 631. The zero-order valence-electron chi connectivity index (χ0n) is 11.9. The minimum absolute atomic E-state index is 0.396. The topological polar surface area (TPSA) is 41.5 Å². The lowest BCUT2D eigenvalue weighted by molar-refractivity contribution is -0.118. The predicted molar refractivity (Wildman–Crippen MR) is 85.2 cm³/mol. The van der Waals surface area contributed by atoms with Gasteiger partial charge in [0.2, 0.25) is 5.91 Å². The van der Waals surface area contributed by atoms with Crippen LogP contribution in [0.3, 0.4) is 0 Å². The molecular formula is C16H13F3N2OS. The van der Waals surface area contributed by atoms with Gasteiger partial charge in [0.15, 0.2) is 0 Å². The van der Waals surface area contributed by atoms with Crippen LogP contribution in [0.4, 0.5) is 13.2 Å². The molecule has 0 atom stereocenters. The van der Waals surface area contributed by atoms with E-state index in [0.717, 1.165) is 11.1 Å². The number of hydrazone groups is 1. The Hall–Kier alpha value is -2.28. The Morgan fingerprint density at radius 1 is 0.957 bits per heavy atom. The fraction of sp³-hybridized carbons (Fsp3) is 0.125. The molecule has 1 amide bonds. The van der Waals surface area contributed by atoms with E-state index < -0.39 is 28.9 Å². The van der Waals surface area contributed by atoms with Crippen molar-refractivity contribution < 1.29 is 18.0 Å². The second kappa shape index (κ2) is 7.82. The molecule has 120 valence electrons. The van der Waals surface area contributed by atoms with Crippen molar-refractivity contribution in [3.05, 3.63) is 71.8 Å². The first-order valence-corrected chi connectivity index (χ1v) is 7.62. The second-order valence-corrected chi connectivity index (χ2v) is 5.50. The van der Waals surface area contributed by atoms with Crippen molar-refractivity contribution >= 4 is 23.4 Å². The van der Waals surface area contributed by atoms with E-state index in [9.17, 15) is 18.0 Å². The third kappa shape index (κ3) is 5.78. The zero-order valence-corrected chi connectivity index (χ0v) is 12.7. The Kier molecular flexibility index (Phi) is 5.81. The van der Waals surface area contributed by atoms with Crippen LogP contribution in [0.2, 0.25) is 0 Å². The van der Waals surface area contributed by atoms with Crippen LogP contribution in [0.25, 0.3) is 0 Å². The van der Waals surface area contributed by atoms with Crippen molar-refractivity contribution in [3.63, 3.8) is 0 Å². The number of halogens is 3. The van der Waals surface area contributed by atoms with Crippen molar-refractivity contribution in [2.45, 2.75) is 5.51 Å². The Morgan fingerprint density at radius 2 is 1.43 bits per heavy atom. The molecule has 0 saturated heterocycles. The van der Waals surface area contributed by atoms with Gasteiger partial charge in [0.25, 0.3) is 0 Å². The first-order chi connectivity index (χ1) is 11.0. The molecule has 0 heterocycles. The Balaban J connectivity index is 2.17. The van der Waals surface area contributed by atoms with E-state index in [1.54, 1.807) is 0 Å². The van der Waals surface area contributed by atoms with Crippen molar-refractivity contribution in [3.8, 4) is 0 Å². The highest BCUT2D eigenvalue weighted by Crippen LogP contribution is 2.29. The highest BCUT2D eigenvalue weighted by Gasteiger charge is 2.29. The largest absolute Gasteiger partial charge is 0.442 e. The summed E-state index contributed by atoms with van der Waals surface area (Å²) in [6.45, 7) is 0. The number of hydrogen-bond acceptors (Lipinski definition) is 3. The molecule has 0 unspecified atom stereocenters. The van der Waals surface area contributed by atoms with E-state index in [4.69, 9.17) is 0 Å². The normalized spacial score (nSPS) is 10.9. The van der Waals surface area contributed by atoms with Crippen LogP contribution in [0.1, 0.15) is 11.1 Å². The van der Waals surface area contributed by atoms with Crippen LogP contribution >= 0.6 is 11.8 Å². The third-order valence-corrected chi connectivity index (χ3v) is 3.49. The summed E-state index contributed by atoms with van der Waals surface area (Å²) in [4.78, 5) is 11.5. The van der Waals surface area contributed by atoms with Gasteiger partial charge in [-0.3, -0.25) is 4.79 Å². The minimum Gasteiger partial charge on any atom is -0.272 e. The maximum atomic E-state index is 12.1. The lowest BCUT2D eigenvalue weighted by atomic mass is 10.0. The van der Waals surface area contributed by atoms with Crippen molar-refractivity contribution in [2.75, 3.05) is 5.75 Å². The fourth-order valence-electron chi connectivity index (χ4n) is 1.79. The number of rotatable bonds is 5. The SMILES string of the molecule is O=C(CSC(F)(F)F)NN=C(c1ccccc1)c1ccccc1. The number of thioether (sulfide) groups is 1. The molecule has 1 N–H and O–H groups in total. The van der Waals surface area contributed by atoms with E-state index in [-0.39, 0.29) is 0 Å². The van der Waals surface area contributed by atoms with Crippen LogP contribution in [-0.4, -0.2) is 22.9 Å². The van der Waals surface area contributed by atoms with Crippen molar-refractivity contribution in [2.24, 2.45) is 5.10 Å². The molecule has 0 fully saturated rings. The molecule has 0 saturated carbocycles. The highest BCUT2D eigenvalue weighted by molar-refractivity contribution is 8.00. The maximum Gasteiger partial charge on any atom is 0.442 e. The summed E-state index contributed by atoms with van der Waals surface area (Å²) in [5.74, 6) is -1.54. The lowest BCUT2D eigenvalue weighted by Crippen LogP contribution is -2.23. The zero-order chi connectivity index (χ0) is 16.7. The summed E-state index contributed by atoms with van der Waals surface area (Å²) >= 11 is -0.396. The molecule has 0 aromatic heterocycles. The summed E-state index contributed by atoms with van der Waals surface area (Å²) in [5, 5.41) is 4.00. The van der Waals surface area contributed by atoms with E-state index in [1.165, 1.54) is 0 Å². The van der Waals surface area contributed by atoms with Gasteiger partial charge in [-0.15, -0.1) is 0 Å². The number of carbonyl (C=O) groups is 1. The summed E-state index contributed by atoms with van der Waals surface area (Å²) in [5.41, 5.74) is -0.274. The average molecular weight is 338 g/mol. The molecule has 0 aliphatic heterocycles. The molecule has 0 aliphatic carbocycles. The van der Waals surface area contributed by atoms with Crippen LogP contribution in [-0.2, 0) is 4.79 Å². The van der Waals surface area contributed by atoms with Gasteiger partial charge in [-0.1, -0.05) is 60.7 Å². The number of nitrogens with one attached hydrogen (secondary N) is 1. The maximum absolute atomic E-state index is 12.1. The molecule has 23 heavy (non-hydrogen) atoms. The summed E-state index contributed by atoms with van der Waals surface area (Å²) < 4.78 is 36.3. The smallest absolute Gasteiger partial charge is 0.272 e. The number of amides is 1. The molecule has 0 bridgehead atoms. The molecule has 2 rings (SSSR count). The average Bonchev–Trinajstić information content (AvgIpc) is 2.54. The number of hydrogen-bond donors (Lipinski definition) is 1. The quantitative estimate of drug-likeness (QED) is 0.665. The molecule has 7 heteroatoms. The van der Waals surface area contributed by atoms with Gasteiger partial charge in [-0.25, -0.2) is 5.43 Å². The fourth-order valence-corrected chi connectivity index (χ4v) is 2.15.